The number of carbonyl (C=O) groups is 2. The predicted octanol–water partition coefficient (Wildman–Crippen LogP) is 3.15. The summed E-state index contributed by atoms with van der Waals surface area (Å²) in [6.45, 7) is 1.28. The zero-order valence-corrected chi connectivity index (χ0v) is 17.0. The smallest absolute Gasteiger partial charge is 0.307 e. The first kappa shape index (κ1) is 21.0. The van der Waals surface area contributed by atoms with Crippen LogP contribution in [-0.4, -0.2) is 44.0 Å². The number of ether oxygens (including phenoxy) is 1. The Hall–Kier alpha value is -2.67. The highest BCUT2D eigenvalue weighted by molar-refractivity contribution is 7.91. The minimum Gasteiger partial charge on any atom is -0.447 e. The molecule has 1 fully saturated rings. The molecule has 1 atom stereocenters. The zero-order chi connectivity index (χ0) is 20.7. The van der Waals surface area contributed by atoms with Gasteiger partial charge in [0.25, 0.3) is 5.91 Å². The summed E-state index contributed by atoms with van der Waals surface area (Å²) in [4.78, 5) is 27.3. The second-order valence-corrected chi connectivity index (χ2v) is 9.16. The number of hydrogen-bond acceptors (Lipinski definition) is 5. The first-order valence-electron chi connectivity index (χ1n) is 9.78. The van der Waals surface area contributed by atoms with Crippen molar-refractivity contribution in [3.63, 3.8) is 0 Å². The lowest BCUT2D eigenvalue weighted by atomic mass is 10.1. The first-order valence-corrected chi connectivity index (χ1v) is 11.4. The van der Waals surface area contributed by atoms with E-state index >= 15 is 0 Å². The molecule has 0 saturated carbocycles. The van der Waals surface area contributed by atoms with Gasteiger partial charge in [-0.15, -0.1) is 0 Å². The molecule has 0 N–H and O–H groups in total. The van der Waals surface area contributed by atoms with Crippen molar-refractivity contribution in [2.75, 3.05) is 18.8 Å². The van der Waals surface area contributed by atoms with Gasteiger partial charge in [0.05, 0.1) is 17.1 Å². The summed E-state index contributed by atoms with van der Waals surface area (Å²) in [5, 5.41) is 0. The molecule has 0 spiro atoms. The number of carbonyl (C=O) groups excluding carboxylic acids is 2. The van der Waals surface area contributed by atoms with Crippen molar-refractivity contribution in [1.29, 1.82) is 0 Å². The molecular formula is C22H25NO5S. The van der Waals surface area contributed by atoms with Crippen LogP contribution in [0.15, 0.2) is 65.6 Å². The van der Waals surface area contributed by atoms with Crippen LogP contribution in [0.2, 0.25) is 0 Å². The van der Waals surface area contributed by atoms with Crippen LogP contribution in [0, 0.1) is 0 Å². The van der Waals surface area contributed by atoms with E-state index in [2.05, 4.69) is 0 Å². The molecule has 6 nitrogen and oxygen atoms in total. The Labute approximate surface area is 171 Å². The highest BCUT2D eigenvalue weighted by atomic mass is 32.2. The summed E-state index contributed by atoms with van der Waals surface area (Å²) < 4.78 is 30.3. The van der Waals surface area contributed by atoms with E-state index in [0.29, 0.717) is 18.7 Å². The van der Waals surface area contributed by atoms with Crippen LogP contribution >= 0.6 is 0 Å². The van der Waals surface area contributed by atoms with Gasteiger partial charge in [0.2, 0.25) is 6.10 Å². The molecule has 0 radical (unpaired) electrons. The Bertz CT molecular complexity index is 922. The summed E-state index contributed by atoms with van der Waals surface area (Å²) in [7, 11) is -3.59. The molecule has 2 aromatic rings. The normalized spacial score (nSPS) is 15.5. The average Bonchev–Trinajstić information content (AvgIpc) is 2.77. The van der Waals surface area contributed by atoms with Gasteiger partial charge in [0.15, 0.2) is 9.84 Å². The highest BCUT2D eigenvalue weighted by Crippen LogP contribution is 2.23. The largest absolute Gasteiger partial charge is 0.447 e. The van der Waals surface area contributed by atoms with Gasteiger partial charge in [0.1, 0.15) is 0 Å². The van der Waals surface area contributed by atoms with Crippen LogP contribution in [0.25, 0.3) is 0 Å². The number of amides is 1. The second-order valence-electron chi connectivity index (χ2n) is 7.05. The van der Waals surface area contributed by atoms with Gasteiger partial charge < -0.3 is 9.64 Å². The van der Waals surface area contributed by atoms with E-state index in [9.17, 15) is 18.0 Å². The van der Waals surface area contributed by atoms with Gasteiger partial charge in [-0.1, -0.05) is 48.5 Å². The predicted molar refractivity (Wildman–Crippen MR) is 109 cm³/mol. The Kier molecular flexibility index (Phi) is 7.04. The van der Waals surface area contributed by atoms with E-state index < -0.39 is 21.9 Å². The zero-order valence-electron chi connectivity index (χ0n) is 16.2. The molecule has 154 valence electrons. The van der Waals surface area contributed by atoms with Crippen molar-refractivity contribution in [3.8, 4) is 0 Å². The summed E-state index contributed by atoms with van der Waals surface area (Å²) >= 11 is 0. The van der Waals surface area contributed by atoms with Gasteiger partial charge >= 0.3 is 5.97 Å². The molecule has 1 saturated heterocycles. The Morgan fingerprint density at radius 2 is 1.48 bits per heavy atom. The van der Waals surface area contributed by atoms with Crippen molar-refractivity contribution in [2.45, 2.75) is 36.7 Å². The summed E-state index contributed by atoms with van der Waals surface area (Å²) in [6, 6.07) is 16.8. The van der Waals surface area contributed by atoms with Crippen molar-refractivity contribution in [2.24, 2.45) is 0 Å². The third-order valence-electron chi connectivity index (χ3n) is 4.92. The topological polar surface area (TPSA) is 80.7 Å². The van der Waals surface area contributed by atoms with Gasteiger partial charge in [-0.05, 0) is 31.4 Å². The number of hydrogen-bond donors (Lipinski definition) is 0. The Balaban J connectivity index is 1.69. The molecule has 0 aliphatic carbocycles. The van der Waals surface area contributed by atoms with Crippen LogP contribution < -0.4 is 0 Å². The van der Waals surface area contributed by atoms with E-state index in [1.165, 1.54) is 12.1 Å². The van der Waals surface area contributed by atoms with Crippen LogP contribution in [0.1, 0.15) is 37.4 Å². The Morgan fingerprint density at radius 3 is 2.10 bits per heavy atom. The van der Waals surface area contributed by atoms with E-state index in [4.69, 9.17) is 4.74 Å². The fourth-order valence-corrected chi connectivity index (χ4v) is 4.57. The lowest BCUT2D eigenvalue weighted by Gasteiger charge is -2.30. The van der Waals surface area contributed by atoms with Crippen LogP contribution in [0.4, 0.5) is 0 Å². The number of esters is 1. The second kappa shape index (κ2) is 9.69. The summed E-state index contributed by atoms with van der Waals surface area (Å²) in [6.07, 6.45) is 1.57. The highest BCUT2D eigenvalue weighted by Gasteiger charge is 2.30. The van der Waals surface area contributed by atoms with E-state index in [1.54, 1.807) is 47.4 Å². The lowest BCUT2D eigenvalue weighted by Crippen LogP contribution is -2.40. The van der Waals surface area contributed by atoms with Crippen molar-refractivity contribution in [3.05, 3.63) is 66.2 Å². The summed E-state index contributed by atoms with van der Waals surface area (Å²) in [5.41, 5.74) is 0.585. The molecular weight excluding hydrogens is 390 g/mol. The molecule has 1 heterocycles. The van der Waals surface area contributed by atoms with Crippen LogP contribution in [0.3, 0.4) is 0 Å². The number of likely N-dealkylation sites (tertiary alicyclic amines) is 1. The maximum Gasteiger partial charge on any atom is 0.307 e. The van der Waals surface area contributed by atoms with Gasteiger partial charge in [0, 0.05) is 18.7 Å². The molecule has 1 unspecified atom stereocenters. The molecule has 0 aromatic heterocycles. The molecule has 7 heteroatoms. The quantitative estimate of drug-likeness (QED) is 0.649. The molecule has 1 aliphatic rings. The van der Waals surface area contributed by atoms with E-state index in [-0.39, 0.29) is 23.0 Å². The molecule has 1 aliphatic heterocycles. The minimum absolute atomic E-state index is 0.164. The third-order valence-corrected chi connectivity index (χ3v) is 6.65. The molecule has 0 bridgehead atoms. The van der Waals surface area contributed by atoms with Crippen molar-refractivity contribution < 1.29 is 22.7 Å². The van der Waals surface area contributed by atoms with E-state index in [1.807, 2.05) is 6.07 Å². The number of nitrogens with zero attached hydrogens (tertiary/aromatic N) is 1. The fourth-order valence-electron chi connectivity index (χ4n) is 3.32. The number of rotatable bonds is 7. The number of sulfone groups is 1. The van der Waals surface area contributed by atoms with Gasteiger partial charge in [-0.2, -0.15) is 0 Å². The molecule has 2 aromatic carbocycles. The monoisotopic (exact) mass is 415 g/mol. The Morgan fingerprint density at radius 1 is 0.897 bits per heavy atom. The average molecular weight is 416 g/mol. The number of piperidine rings is 1. The maximum atomic E-state index is 13.0. The molecule has 1 amide bonds. The lowest BCUT2D eigenvalue weighted by molar-refractivity contribution is -0.161. The summed E-state index contributed by atoms with van der Waals surface area (Å²) in [5.74, 6) is -1.33. The van der Waals surface area contributed by atoms with Gasteiger partial charge in [-0.3, -0.25) is 9.59 Å². The fraction of sp³-hybridized carbons (Fsp3) is 0.364. The maximum absolute atomic E-state index is 13.0. The minimum atomic E-state index is -3.59. The SMILES string of the molecule is O=C(CCS(=O)(=O)c1ccccc1)OC(C(=O)N1CCCCC1)c1ccccc1. The molecule has 3 rings (SSSR count). The van der Waals surface area contributed by atoms with E-state index in [0.717, 1.165) is 19.3 Å². The number of benzene rings is 2. The third kappa shape index (κ3) is 5.67. The van der Waals surface area contributed by atoms with Crippen molar-refractivity contribution in [1.82, 2.24) is 4.90 Å². The van der Waals surface area contributed by atoms with Crippen LogP contribution in [0.5, 0.6) is 0 Å². The van der Waals surface area contributed by atoms with Crippen molar-refractivity contribution >= 4 is 21.7 Å². The first-order chi connectivity index (χ1) is 14.0. The molecule has 29 heavy (non-hydrogen) atoms. The van der Waals surface area contributed by atoms with Gasteiger partial charge in [-0.25, -0.2) is 8.42 Å². The van der Waals surface area contributed by atoms with Crippen LogP contribution in [-0.2, 0) is 24.2 Å². The standard InChI is InChI=1S/C22H25NO5S/c24-20(14-17-29(26,27)19-12-6-2-7-13-19)28-21(18-10-4-1-5-11-18)22(25)23-15-8-3-9-16-23/h1-2,4-7,10-13,21H,3,8-9,14-17H2.